The highest BCUT2D eigenvalue weighted by Crippen LogP contribution is 2.52. The monoisotopic (exact) mass is 363 g/mol. The predicted molar refractivity (Wildman–Crippen MR) is 104 cm³/mol. The van der Waals surface area contributed by atoms with Gasteiger partial charge >= 0.3 is 0 Å². The molecule has 1 atom stereocenters. The minimum atomic E-state index is -0.330. The van der Waals surface area contributed by atoms with Crippen LogP contribution in [0.1, 0.15) is 56.2 Å². The molecule has 3 aliphatic rings. The number of aromatic nitrogens is 1. The number of rotatable bonds is 3. The molecule has 1 unspecified atom stereocenters. The molecule has 1 saturated carbocycles. The van der Waals surface area contributed by atoms with E-state index in [0.29, 0.717) is 6.61 Å². The van der Waals surface area contributed by atoms with Crippen LogP contribution in [0, 0.1) is 0 Å². The lowest BCUT2D eigenvalue weighted by Crippen LogP contribution is -2.60. The third kappa shape index (κ3) is 2.69. The van der Waals surface area contributed by atoms with Gasteiger partial charge in [0.1, 0.15) is 0 Å². The Hall–Kier alpha value is -2.53. The lowest BCUT2D eigenvalue weighted by molar-refractivity contribution is -0.151. The summed E-state index contributed by atoms with van der Waals surface area (Å²) in [5.74, 6) is 1.76. The van der Waals surface area contributed by atoms with Crippen LogP contribution in [0.15, 0.2) is 48.8 Å². The Kier molecular flexibility index (Phi) is 4.05. The van der Waals surface area contributed by atoms with Gasteiger partial charge in [-0.2, -0.15) is 5.01 Å². The van der Waals surface area contributed by atoms with Crippen molar-refractivity contribution in [3.63, 3.8) is 0 Å². The van der Waals surface area contributed by atoms with Gasteiger partial charge in [0, 0.05) is 36.4 Å². The number of nitrogens with zero attached hydrogens (tertiary/aromatic N) is 2. The highest BCUT2D eigenvalue weighted by atomic mass is 16.6. The molecule has 1 N–H and O–H groups in total. The lowest BCUT2D eigenvalue weighted by atomic mass is 9.87. The average Bonchev–Trinajstić information content (AvgIpc) is 3.17. The van der Waals surface area contributed by atoms with Crippen LogP contribution in [-0.4, -0.2) is 22.3 Å². The average molecular weight is 363 g/mol. The summed E-state index contributed by atoms with van der Waals surface area (Å²) in [6.45, 7) is 2.65. The molecule has 2 aromatic rings. The van der Waals surface area contributed by atoms with Crippen molar-refractivity contribution in [2.45, 2.75) is 50.8 Å². The van der Waals surface area contributed by atoms with Crippen LogP contribution in [0.3, 0.4) is 0 Å². The van der Waals surface area contributed by atoms with E-state index in [2.05, 4.69) is 39.7 Å². The van der Waals surface area contributed by atoms with Gasteiger partial charge in [-0.05, 0) is 44.0 Å². The number of para-hydroxylation sites is 1. The molecular weight excluding hydrogens is 338 g/mol. The van der Waals surface area contributed by atoms with Gasteiger partial charge in [0.15, 0.2) is 17.2 Å². The molecule has 3 heterocycles. The molecule has 0 radical (unpaired) electrons. The number of pyridine rings is 1. The van der Waals surface area contributed by atoms with Gasteiger partial charge < -0.3 is 14.9 Å². The summed E-state index contributed by atoms with van der Waals surface area (Å²) < 4.78 is 12.6. The number of hydrogen-bond acceptors (Lipinski definition) is 5. The molecular formula is C22H25N3O2. The van der Waals surface area contributed by atoms with Crippen LogP contribution in [0.2, 0.25) is 0 Å². The third-order valence-corrected chi connectivity index (χ3v) is 5.81. The molecule has 1 aromatic carbocycles. The Morgan fingerprint density at radius 3 is 2.89 bits per heavy atom. The van der Waals surface area contributed by atoms with Gasteiger partial charge in [-0.15, -0.1) is 0 Å². The lowest BCUT2D eigenvalue weighted by Gasteiger charge is -2.50. The Labute approximate surface area is 160 Å². The van der Waals surface area contributed by atoms with Crippen molar-refractivity contribution in [1.82, 2.24) is 15.4 Å². The molecule has 140 valence electrons. The Balaban J connectivity index is 1.62. The number of fused-ring (bicyclic) bond motifs is 4. The van der Waals surface area contributed by atoms with Gasteiger partial charge in [-0.25, -0.2) is 0 Å². The smallest absolute Gasteiger partial charge is 0.180 e. The molecule has 5 heteroatoms. The van der Waals surface area contributed by atoms with E-state index in [9.17, 15) is 0 Å². The fraction of sp³-hybridized carbons (Fsp3) is 0.409. The van der Waals surface area contributed by atoms with Gasteiger partial charge in [-0.1, -0.05) is 18.6 Å². The summed E-state index contributed by atoms with van der Waals surface area (Å²) in [5, 5.41) is 2.33. The first-order chi connectivity index (χ1) is 13.3. The Morgan fingerprint density at radius 1 is 1.22 bits per heavy atom. The van der Waals surface area contributed by atoms with Crippen molar-refractivity contribution < 1.29 is 9.47 Å². The highest BCUT2D eigenvalue weighted by Gasteiger charge is 2.51. The minimum Gasteiger partial charge on any atom is -0.490 e. The maximum atomic E-state index is 6.73. The van der Waals surface area contributed by atoms with E-state index < -0.39 is 0 Å². The third-order valence-electron chi connectivity index (χ3n) is 5.81. The van der Waals surface area contributed by atoms with Crippen molar-refractivity contribution in [3.8, 4) is 11.5 Å². The van der Waals surface area contributed by atoms with E-state index in [1.54, 1.807) is 0 Å². The van der Waals surface area contributed by atoms with Crippen LogP contribution >= 0.6 is 0 Å². The summed E-state index contributed by atoms with van der Waals surface area (Å²) in [4.78, 5) is 4.28. The van der Waals surface area contributed by atoms with Gasteiger partial charge in [0.25, 0.3) is 0 Å². The number of hydrazine groups is 1. The molecule has 27 heavy (non-hydrogen) atoms. The minimum absolute atomic E-state index is 0.127. The quantitative estimate of drug-likeness (QED) is 0.874. The van der Waals surface area contributed by atoms with E-state index in [4.69, 9.17) is 9.47 Å². The van der Waals surface area contributed by atoms with Crippen LogP contribution in [-0.2, 0) is 0 Å². The summed E-state index contributed by atoms with van der Waals surface area (Å²) in [7, 11) is 0. The molecule has 2 aliphatic heterocycles. The zero-order chi connectivity index (χ0) is 18.3. The Bertz CT molecular complexity index is 859. The standard InChI is InChI=1S/C22H25N3O2/c1-2-26-20-10-6-9-17-19-14-18(16-8-7-13-23-15-16)24-25(19)22(27-21(17)20)11-4-3-5-12-22/h6-10,13-15,19,24H,2-5,11-12H2,1H3. The van der Waals surface area contributed by atoms with Crippen molar-refractivity contribution in [3.05, 3.63) is 59.9 Å². The maximum absolute atomic E-state index is 6.73. The summed E-state index contributed by atoms with van der Waals surface area (Å²) in [5.41, 5.74) is 6.67. The van der Waals surface area contributed by atoms with E-state index in [1.807, 2.05) is 31.5 Å². The molecule has 1 aromatic heterocycles. The number of hydrogen-bond donors (Lipinski definition) is 1. The first kappa shape index (κ1) is 16.6. The second-order valence-electron chi connectivity index (χ2n) is 7.47. The van der Waals surface area contributed by atoms with Crippen LogP contribution in [0.5, 0.6) is 11.5 Å². The number of benzene rings is 1. The second-order valence-corrected chi connectivity index (χ2v) is 7.47. The largest absolute Gasteiger partial charge is 0.490 e. The number of nitrogens with one attached hydrogen (secondary N) is 1. The van der Waals surface area contributed by atoms with Gasteiger partial charge in [0.2, 0.25) is 0 Å². The zero-order valence-corrected chi connectivity index (χ0v) is 15.6. The van der Waals surface area contributed by atoms with E-state index in [1.165, 1.54) is 19.3 Å². The molecule has 0 bridgehead atoms. The molecule has 5 rings (SSSR count). The molecule has 0 saturated heterocycles. The maximum Gasteiger partial charge on any atom is 0.180 e. The van der Waals surface area contributed by atoms with E-state index in [-0.39, 0.29) is 11.8 Å². The fourth-order valence-electron chi connectivity index (χ4n) is 4.57. The first-order valence-electron chi connectivity index (χ1n) is 9.94. The van der Waals surface area contributed by atoms with Crippen molar-refractivity contribution in [2.24, 2.45) is 0 Å². The van der Waals surface area contributed by atoms with Gasteiger partial charge in [-0.3, -0.25) is 4.98 Å². The van der Waals surface area contributed by atoms with Crippen molar-refractivity contribution in [2.75, 3.05) is 6.61 Å². The summed E-state index contributed by atoms with van der Waals surface area (Å²) in [6.07, 6.45) is 11.7. The SMILES string of the molecule is CCOc1cccc2c1OC1(CCCCC1)N1NC(c3cccnc3)=CC21. The molecule has 1 aliphatic carbocycles. The van der Waals surface area contributed by atoms with Crippen molar-refractivity contribution >= 4 is 5.70 Å². The molecule has 1 fully saturated rings. The Morgan fingerprint density at radius 2 is 2.11 bits per heavy atom. The zero-order valence-electron chi connectivity index (χ0n) is 15.6. The number of ether oxygens (including phenoxy) is 2. The van der Waals surface area contributed by atoms with Crippen LogP contribution < -0.4 is 14.9 Å². The summed E-state index contributed by atoms with van der Waals surface area (Å²) in [6, 6.07) is 10.4. The van der Waals surface area contributed by atoms with Crippen LogP contribution in [0.4, 0.5) is 0 Å². The van der Waals surface area contributed by atoms with Gasteiger partial charge in [0.05, 0.1) is 18.3 Å². The normalized spacial score (nSPS) is 23.0. The van der Waals surface area contributed by atoms with Crippen molar-refractivity contribution in [1.29, 1.82) is 0 Å². The van der Waals surface area contributed by atoms with Crippen LogP contribution in [0.25, 0.3) is 5.70 Å². The fourth-order valence-corrected chi connectivity index (χ4v) is 4.57. The molecule has 1 spiro atoms. The highest BCUT2D eigenvalue weighted by molar-refractivity contribution is 5.67. The van der Waals surface area contributed by atoms with E-state index >= 15 is 0 Å². The predicted octanol–water partition coefficient (Wildman–Crippen LogP) is 4.44. The van der Waals surface area contributed by atoms with E-state index in [0.717, 1.165) is 41.2 Å². The molecule has 5 nitrogen and oxygen atoms in total. The topological polar surface area (TPSA) is 46.6 Å². The summed E-state index contributed by atoms with van der Waals surface area (Å²) >= 11 is 0. The second kappa shape index (κ2) is 6.57. The molecule has 0 amide bonds. The first-order valence-corrected chi connectivity index (χ1v) is 9.94.